The van der Waals surface area contributed by atoms with Gasteiger partial charge in [-0.25, -0.2) is 9.97 Å². The average Bonchev–Trinajstić information content (AvgIpc) is 3.42. The second-order valence-electron chi connectivity index (χ2n) is 11.8. The molecule has 1 saturated heterocycles. The van der Waals surface area contributed by atoms with E-state index in [1.807, 2.05) is 55.5 Å². The van der Waals surface area contributed by atoms with E-state index in [9.17, 15) is 9.59 Å². The molecule has 1 aromatic heterocycles. The molecule has 45 heavy (non-hydrogen) atoms. The van der Waals surface area contributed by atoms with Crippen LogP contribution in [-0.2, 0) is 32.1 Å². The van der Waals surface area contributed by atoms with E-state index < -0.39 is 0 Å². The van der Waals surface area contributed by atoms with Gasteiger partial charge in [0.2, 0.25) is 11.8 Å². The fourth-order valence-corrected chi connectivity index (χ4v) is 5.61. The number of ether oxygens (including phenoxy) is 4. The third-order valence-electron chi connectivity index (χ3n) is 8.07. The average molecular weight is 618 g/mol. The Balaban J connectivity index is 1.45. The first kappa shape index (κ1) is 32.2. The van der Waals surface area contributed by atoms with Crippen LogP contribution in [0, 0.1) is 6.92 Å². The molecular formula is C34H43N5O6. The van der Waals surface area contributed by atoms with Crippen molar-refractivity contribution in [1.29, 1.82) is 0 Å². The standard InChI is InChI=1S/C34H43N5O6/c1-22(2)27-17-32(36-23(3)35-27)39-18-28-31(19-39)44-21-25-7-6-8-26(15-25)45-30-16-24(9-11-29(30)43-5)10-12-34(41)38(13-14-42-4)20-33(40)37-28/h6-9,11,15-17,22,28,31H,10,12-14,18-21H2,1-5H3,(H,37,40)/t28-,31-/m0/s1. The predicted octanol–water partition coefficient (Wildman–Crippen LogP) is 4.02. The normalized spacial score (nSPS) is 19.4. The van der Waals surface area contributed by atoms with Crippen LogP contribution in [0.1, 0.15) is 48.8 Å². The number of nitrogens with one attached hydrogen (secondary N) is 1. The van der Waals surface area contributed by atoms with Crippen molar-refractivity contribution in [1.82, 2.24) is 20.2 Å². The molecule has 2 aliphatic heterocycles. The molecule has 0 radical (unpaired) electrons. The Kier molecular flexibility index (Phi) is 10.5. The number of rotatable bonds is 6. The minimum atomic E-state index is -0.324. The van der Waals surface area contributed by atoms with Crippen molar-refractivity contribution in [2.24, 2.45) is 0 Å². The van der Waals surface area contributed by atoms with E-state index in [1.54, 1.807) is 19.1 Å². The molecule has 11 heteroatoms. The minimum Gasteiger partial charge on any atom is -0.493 e. The Morgan fingerprint density at radius 3 is 2.64 bits per heavy atom. The number of aryl methyl sites for hydroxylation is 2. The maximum Gasteiger partial charge on any atom is 0.239 e. The highest BCUT2D eigenvalue weighted by Crippen LogP contribution is 2.33. The van der Waals surface area contributed by atoms with Crippen LogP contribution < -0.4 is 19.7 Å². The highest BCUT2D eigenvalue weighted by Gasteiger charge is 2.36. The lowest BCUT2D eigenvalue weighted by molar-refractivity contribution is -0.137. The van der Waals surface area contributed by atoms with Crippen LogP contribution in [0.3, 0.4) is 0 Å². The summed E-state index contributed by atoms with van der Waals surface area (Å²) in [6, 6.07) is 15.1. The Bertz CT molecular complexity index is 1500. The zero-order valence-electron chi connectivity index (χ0n) is 26.7. The number of hydrogen-bond donors (Lipinski definition) is 1. The number of amides is 2. The molecular weight excluding hydrogens is 574 g/mol. The number of hydrogen-bond acceptors (Lipinski definition) is 9. The van der Waals surface area contributed by atoms with Crippen LogP contribution in [-0.4, -0.2) is 85.8 Å². The molecule has 240 valence electrons. The lowest BCUT2D eigenvalue weighted by Crippen LogP contribution is -2.49. The Morgan fingerprint density at radius 2 is 1.87 bits per heavy atom. The number of aromatic nitrogens is 2. The maximum atomic E-state index is 13.5. The molecule has 2 atom stereocenters. The van der Waals surface area contributed by atoms with Crippen LogP contribution in [0.5, 0.6) is 17.2 Å². The lowest BCUT2D eigenvalue weighted by atomic mass is 10.1. The molecule has 3 heterocycles. The zero-order chi connectivity index (χ0) is 31.9. The largest absolute Gasteiger partial charge is 0.493 e. The molecule has 0 aliphatic carbocycles. The molecule has 11 nitrogen and oxygen atoms in total. The van der Waals surface area contributed by atoms with E-state index in [0.29, 0.717) is 62.3 Å². The SMILES string of the molecule is COCCN1CC(=O)N[C@H]2CN(c3cc(C(C)C)nc(C)n3)C[C@@H]2OCc2cccc(c2)Oc2cc(ccc2OC)CCC1=O. The monoisotopic (exact) mass is 617 g/mol. The van der Waals surface area contributed by atoms with Gasteiger partial charge in [-0.3, -0.25) is 9.59 Å². The van der Waals surface area contributed by atoms with Gasteiger partial charge in [-0.1, -0.05) is 32.0 Å². The Labute approximate surface area is 264 Å². The smallest absolute Gasteiger partial charge is 0.239 e. The summed E-state index contributed by atoms with van der Waals surface area (Å²) in [7, 11) is 3.18. The second kappa shape index (κ2) is 14.7. The predicted molar refractivity (Wildman–Crippen MR) is 170 cm³/mol. The molecule has 2 aromatic carbocycles. The van der Waals surface area contributed by atoms with E-state index in [4.69, 9.17) is 23.9 Å². The summed E-state index contributed by atoms with van der Waals surface area (Å²) in [5.41, 5.74) is 2.82. The number of anilines is 1. The molecule has 5 rings (SSSR count). The van der Waals surface area contributed by atoms with Crippen LogP contribution >= 0.6 is 0 Å². The highest BCUT2D eigenvalue weighted by molar-refractivity contribution is 5.85. The van der Waals surface area contributed by atoms with Crippen molar-refractivity contribution >= 4 is 17.6 Å². The first-order valence-electron chi connectivity index (χ1n) is 15.4. The molecule has 2 aliphatic rings. The molecule has 0 saturated carbocycles. The highest BCUT2D eigenvalue weighted by atomic mass is 16.5. The van der Waals surface area contributed by atoms with Crippen LogP contribution in [0.4, 0.5) is 5.82 Å². The first-order chi connectivity index (χ1) is 21.7. The molecule has 1 N–H and O–H groups in total. The Morgan fingerprint density at radius 1 is 1.02 bits per heavy atom. The van der Waals surface area contributed by atoms with Gasteiger partial charge in [-0.15, -0.1) is 0 Å². The summed E-state index contributed by atoms with van der Waals surface area (Å²) in [4.78, 5) is 39.8. The van der Waals surface area contributed by atoms with E-state index >= 15 is 0 Å². The van der Waals surface area contributed by atoms with E-state index in [-0.39, 0.29) is 42.8 Å². The van der Waals surface area contributed by atoms with Gasteiger partial charge in [0.15, 0.2) is 11.5 Å². The minimum absolute atomic E-state index is 0.0749. The summed E-state index contributed by atoms with van der Waals surface area (Å²) >= 11 is 0. The third kappa shape index (κ3) is 8.29. The fourth-order valence-electron chi connectivity index (χ4n) is 5.61. The number of carbonyl (C=O) groups is 2. The summed E-state index contributed by atoms with van der Waals surface area (Å²) in [6.07, 6.45) is 0.385. The van der Waals surface area contributed by atoms with Crippen LogP contribution in [0.25, 0.3) is 0 Å². The molecule has 3 aromatic rings. The number of fused-ring (bicyclic) bond motifs is 5. The van der Waals surface area contributed by atoms with Crippen molar-refractivity contribution in [2.75, 3.05) is 51.9 Å². The molecule has 0 unspecified atom stereocenters. The molecule has 0 spiro atoms. The van der Waals surface area contributed by atoms with Crippen molar-refractivity contribution in [3.63, 3.8) is 0 Å². The van der Waals surface area contributed by atoms with Gasteiger partial charge in [0, 0.05) is 44.9 Å². The van der Waals surface area contributed by atoms with Crippen LogP contribution in [0.2, 0.25) is 0 Å². The number of carbonyl (C=O) groups excluding carboxylic acids is 2. The zero-order valence-corrected chi connectivity index (χ0v) is 26.7. The first-order valence-corrected chi connectivity index (χ1v) is 15.4. The van der Waals surface area contributed by atoms with Crippen molar-refractivity contribution < 1.29 is 28.5 Å². The van der Waals surface area contributed by atoms with Crippen molar-refractivity contribution in [3.05, 3.63) is 71.2 Å². The number of benzene rings is 2. The number of methoxy groups -OCH3 is 2. The summed E-state index contributed by atoms with van der Waals surface area (Å²) in [6.45, 7) is 8.02. The molecule has 2 amide bonds. The summed E-state index contributed by atoms with van der Waals surface area (Å²) in [5, 5.41) is 3.16. The van der Waals surface area contributed by atoms with Gasteiger partial charge < -0.3 is 34.1 Å². The van der Waals surface area contributed by atoms with E-state index in [1.165, 1.54) is 0 Å². The van der Waals surface area contributed by atoms with Gasteiger partial charge in [-0.05, 0) is 54.7 Å². The Hall–Kier alpha value is -4.22. The van der Waals surface area contributed by atoms with Gasteiger partial charge in [0.05, 0.1) is 39.0 Å². The van der Waals surface area contributed by atoms with E-state index in [0.717, 1.165) is 22.6 Å². The quantitative estimate of drug-likeness (QED) is 0.438. The molecule has 4 bridgehead atoms. The second-order valence-corrected chi connectivity index (χ2v) is 11.8. The van der Waals surface area contributed by atoms with Crippen LogP contribution in [0.15, 0.2) is 48.5 Å². The fraction of sp³-hybridized carbons (Fsp3) is 0.471. The maximum absolute atomic E-state index is 13.5. The number of nitrogens with zero attached hydrogens (tertiary/aromatic N) is 4. The lowest BCUT2D eigenvalue weighted by Gasteiger charge is -2.25. The topological polar surface area (TPSA) is 115 Å². The van der Waals surface area contributed by atoms with Crippen molar-refractivity contribution in [2.45, 2.75) is 58.3 Å². The van der Waals surface area contributed by atoms with Gasteiger partial charge in [0.25, 0.3) is 0 Å². The molecule has 1 fully saturated rings. The van der Waals surface area contributed by atoms with Gasteiger partial charge in [-0.2, -0.15) is 0 Å². The summed E-state index contributed by atoms with van der Waals surface area (Å²) < 4.78 is 23.6. The summed E-state index contributed by atoms with van der Waals surface area (Å²) in [5.74, 6) is 3.17. The van der Waals surface area contributed by atoms with E-state index in [2.05, 4.69) is 29.0 Å². The van der Waals surface area contributed by atoms with Gasteiger partial charge >= 0.3 is 0 Å². The van der Waals surface area contributed by atoms with Gasteiger partial charge in [0.1, 0.15) is 17.4 Å². The third-order valence-corrected chi connectivity index (χ3v) is 8.07. The van der Waals surface area contributed by atoms with Crippen molar-refractivity contribution in [3.8, 4) is 17.2 Å².